The van der Waals surface area contributed by atoms with E-state index in [1.807, 2.05) is 0 Å². The Bertz CT molecular complexity index is 343. The highest BCUT2D eigenvalue weighted by molar-refractivity contribution is 9.10. The van der Waals surface area contributed by atoms with Crippen LogP contribution in [0.25, 0.3) is 0 Å². The maximum atomic E-state index is 10.6. The summed E-state index contributed by atoms with van der Waals surface area (Å²) >= 11 is 3.20. The first-order valence-corrected chi connectivity index (χ1v) is 4.83. The van der Waals surface area contributed by atoms with E-state index < -0.39 is 18.0 Å². The van der Waals surface area contributed by atoms with Crippen LogP contribution in [-0.4, -0.2) is 21.2 Å². The van der Waals surface area contributed by atoms with Crippen molar-refractivity contribution in [2.75, 3.05) is 0 Å². The van der Waals surface area contributed by atoms with E-state index in [-0.39, 0.29) is 0 Å². The smallest absolute Gasteiger partial charge is 0.309 e. The van der Waals surface area contributed by atoms with Gasteiger partial charge in [-0.2, -0.15) is 0 Å². The number of carboxylic acids is 1. The van der Waals surface area contributed by atoms with Gasteiger partial charge in [-0.15, -0.1) is 0 Å². The molecule has 0 saturated carbocycles. The van der Waals surface area contributed by atoms with Crippen LogP contribution in [0.3, 0.4) is 0 Å². The predicted molar refractivity (Wildman–Crippen MR) is 53.7 cm³/mol. The number of pyridine rings is 1. The van der Waals surface area contributed by atoms with Gasteiger partial charge in [-0.3, -0.25) is 9.78 Å². The van der Waals surface area contributed by atoms with E-state index in [4.69, 9.17) is 5.11 Å². The Morgan fingerprint density at radius 1 is 1.57 bits per heavy atom. The van der Waals surface area contributed by atoms with E-state index >= 15 is 0 Å². The molecule has 14 heavy (non-hydrogen) atoms. The Morgan fingerprint density at radius 3 is 2.71 bits per heavy atom. The molecule has 1 aromatic heterocycles. The SMILES string of the molecule is CC(C(=O)O)C(O)c1cncc(Br)c1. The van der Waals surface area contributed by atoms with Crippen LogP contribution in [0.5, 0.6) is 0 Å². The number of aromatic nitrogens is 1. The summed E-state index contributed by atoms with van der Waals surface area (Å²) in [7, 11) is 0. The van der Waals surface area contributed by atoms with Crippen LogP contribution >= 0.6 is 15.9 Å². The zero-order valence-corrected chi connectivity index (χ0v) is 9.10. The fourth-order valence-corrected chi connectivity index (χ4v) is 1.40. The molecule has 2 atom stereocenters. The highest BCUT2D eigenvalue weighted by Gasteiger charge is 2.23. The molecule has 0 aliphatic rings. The van der Waals surface area contributed by atoms with Gasteiger partial charge < -0.3 is 10.2 Å². The van der Waals surface area contributed by atoms with Crippen LogP contribution < -0.4 is 0 Å². The van der Waals surface area contributed by atoms with Gasteiger partial charge in [0.25, 0.3) is 0 Å². The van der Waals surface area contributed by atoms with Crippen molar-refractivity contribution in [3.05, 3.63) is 28.5 Å². The molecule has 0 amide bonds. The van der Waals surface area contributed by atoms with Crippen molar-refractivity contribution < 1.29 is 15.0 Å². The summed E-state index contributed by atoms with van der Waals surface area (Å²) < 4.78 is 0.714. The number of aliphatic carboxylic acids is 1. The summed E-state index contributed by atoms with van der Waals surface area (Å²) in [5.74, 6) is -1.87. The molecule has 2 N–H and O–H groups in total. The standard InChI is InChI=1S/C9H10BrNO3/c1-5(9(13)14)8(12)6-2-7(10)4-11-3-6/h2-5,8,12H,1H3,(H,13,14). The van der Waals surface area contributed by atoms with E-state index in [1.165, 1.54) is 13.1 Å². The highest BCUT2D eigenvalue weighted by Crippen LogP contribution is 2.23. The summed E-state index contributed by atoms with van der Waals surface area (Å²) in [5, 5.41) is 18.3. The summed E-state index contributed by atoms with van der Waals surface area (Å²) in [6.07, 6.45) is 1.99. The zero-order valence-electron chi connectivity index (χ0n) is 7.51. The Kier molecular flexibility index (Phi) is 3.60. The minimum absolute atomic E-state index is 0.495. The van der Waals surface area contributed by atoms with Crippen LogP contribution in [0, 0.1) is 5.92 Å². The van der Waals surface area contributed by atoms with Gasteiger partial charge in [0.05, 0.1) is 12.0 Å². The fourth-order valence-electron chi connectivity index (χ4n) is 1.01. The van der Waals surface area contributed by atoms with E-state index in [1.54, 1.807) is 12.3 Å². The molecular weight excluding hydrogens is 250 g/mol. The number of hydrogen-bond acceptors (Lipinski definition) is 3. The molecule has 0 aliphatic heterocycles. The van der Waals surface area contributed by atoms with Crippen LogP contribution in [-0.2, 0) is 4.79 Å². The van der Waals surface area contributed by atoms with Gasteiger partial charge in [0.15, 0.2) is 0 Å². The molecule has 5 heteroatoms. The van der Waals surface area contributed by atoms with Crippen LogP contribution in [0.15, 0.2) is 22.9 Å². The van der Waals surface area contributed by atoms with Gasteiger partial charge in [0.1, 0.15) is 0 Å². The highest BCUT2D eigenvalue weighted by atomic mass is 79.9. The lowest BCUT2D eigenvalue weighted by Gasteiger charge is -2.14. The minimum atomic E-state index is -1.03. The van der Waals surface area contributed by atoms with E-state index in [0.717, 1.165) is 0 Å². The number of rotatable bonds is 3. The Balaban J connectivity index is 2.89. The summed E-state index contributed by atoms with van der Waals surface area (Å²) in [6, 6.07) is 1.65. The fraction of sp³-hybridized carbons (Fsp3) is 0.333. The second-order valence-corrected chi connectivity index (χ2v) is 3.92. The number of halogens is 1. The quantitative estimate of drug-likeness (QED) is 0.865. The van der Waals surface area contributed by atoms with Gasteiger partial charge in [0.2, 0.25) is 0 Å². The van der Waals surface area contributed by atoms with Crippen LogP contribution in [0.4, 0.5) is 0 Å². The Hall–Kier alpha value is -0.940. The van der Waals surface area contributed by atoms with Gasteiger partial charge >= 0.3 is 5.97 Å². The third-order valence-corrected chi connectivity index (χ3v) is 2.36. The zero-order chi connectivity index (χ0) is 10.7. The largest absolute Gasteiger partial charge is 0.481 e. The second kappa shape index (κ2) is 4.52. The summed E-state index contributed by atoms with van der Waals surface area (Å²) in [5.41, 5.74) is 0.495. The Labute approximate surface area is 89.7 Å². The van der Waals surface area contributed by atoms with Crippen molar-refractivity contribution in [2.45, 2.75) is 13.0 Å². The number of aliphatic hydroxyl groups is 1. The molecule has 0 radical (unpaired) electrons. The molecule has 2 unspecified atom stereocenters. The lowest BCUT2D eigenvalue weighted by molar-refractivity contribution is -0.145. The van der Waals surface area contributed by atoms with Crippen molar-refractivity contribution in [3.8, 4) is 0 Å². The molecule has 76 valence electrons. The van der Waals surface area contributed by atoms with Crippen LogP contribution in [0.2, 0.25) is 0 Å². The molecule has 4 nitrogen and oxygen atoms in total. The monoisotopic (exact) mass is 259 g/mol. The minimum Gasteiger partial charge on any atom is -0.481 e. The predicted octanol–water partition coefficient (Wildman–Crippen LogP) is 1.60. The van der Waals surface area contributed by atoms with Crippen molar-refractivity contribution >= 4 is 21.9 Å². The molecule has 1 aromatic rings. The van der Waals surface area contributed by atoms with E-state index in [0.29, 0.717) is 10.0 Å². The Morgan fingerprint density at radius 2 is 2.21 bits per heavy atom. The van der Waals surface area contributed by atoms with Crippen molar-refractivity contribution in [1.82, 2.24) is 4.98 Å². The van der Waals surface area contributed by atoms with Crippen molar-refractivity contribution in [3.63, 3.8) is 0 Å². The molecular formula is C9H10BrNO3. The number of carboxylic acid groups (broad SMARTS) is 1. The van der Waals surface area contributed by atoms with Crippen molar-refractivity contribution in [2.24, 2.45) is 5.92 Å². The lowest BCUT2D eigenvalue weighted by atomic mass is 9.99. The molecule has 1 rings (SSSR count). The van der Waals surface area contributed by atoms with Crippen LogP contribution in [0.1, 0.15) is 18.6 Å². The molecule has 0 aromatic carbocycles. The third-order valence-electron chi connectivity index (χ3n) is 1.93. The molecule has 0 saturated heterocycles. The molecule has 0 bridgehead atoms. The molecule has 0 aliphatic carbocycles. The summed E-state index contributed by atoms with van der Waals surface area (Å²) in [6.45, 7) is 1.45. The normalized spacial score (nSPS) is 14.8. The topological polar surface area (TPSA) is 70.4 Å². The number of carbonyl (C=O) groups is 1. The molecule has 0 fully saturated rings. The first kappa shape index (κ1) is 11.1. The molecule has 0 spiro atoms. The lowest BCUT2D eigenvalue weighted by Crippen LogP contribution is -2.18. The maximum Gasteiger partial charge on any atom is 0.309 e. The van der Waals surface area contributed by atoms with E-state index in [9.17, 15) is 9.90 Å². The second-order valence-electron chi connectivity index (χ2n) is 3.01. The average molecular weight is 260 g/mol. The molecule has 1 heterocycles. The first-order chi connectivity index (χ1) is 6.52. The third kappa shape index (κ3) is 2.52. The average Bonchev–Trinajstić information content (AvgIpc) is 2.15. The van der Waals surface area contributed by atoms with E-state index in [2.05, 4.69) is 20.9 Å². The van der Waals surface area contributed by atoms with Gasteiger partial charge in [-0.1, -0.05) is 0 Å². The number of aliphatic hydroxyl groups excluding tert-OH is 1. The number of nitrogens with zero attached hydrogens (tertiary/aromatic N) is 1. The van der Waals surface area contributed by atoms with Crippen molar-refractivity contribution in [1.29, 1.82) is 0 Å². The van der Waals surface area contributed by atoms with Gasteiger partial charge in [0, 0.05) is 22.4 Å². The first-order valence-electron chi connectivity index (χ1n) is 4.03. The van der Waals surface area contributed by atoms with Gasteiger partial charge in [-0.05, 0) is 28.9 Å². The van der Waals surface area contributed by atoms with Gasteiger partial charge in [-0.25, -0.2) is 0 Å². The number of hydrogen-bond donors (Lipinski definition) is 2. The summed E-state index contributed by atoms with van der Waals surface area (Å²) in [4.78, 5) is 14.5. The maximum absolute atomic E-state index is 10.6.